The van der Waals surface area contributed by atoms with Crippen molar-refractivity contribution < 1.29 is 138 Å². The monoisotopic (exact) mass is 332 g/mol. The first-order valence-electron chi connectivity index (χ1n) is 4.24. The van der Waals surface area contributed by atoms with Gasteiger partial charge in [-0.2, -0.15) is 8.42 Å². The molecule has 0 fully saturated rings. The molecule has 18 heavy (non-hydrogen) atoms. The second-order valence-corrected chi connectivity index (χ2v) is 4.52. The van der Waals surface area contributed by atoms with E-state index in [1.54, 1.807) is 0 Å². The second kappa shape index (κ2) is 12.6. The van der Waals surface area contributed by atoms with E-state index < -0.39 is 34.2 Å². The van der Waals surface area contributed by atoms with E-state index in [1.165, 1.54) is 0 Å². The van der Waals surface area contributed by atoms with Crippen molar-refractivity contribution in [1.82, 2.24) is 0 Å². The van der Waals surface area contributed by atoms with Crippen LogP contribution in [0.4, 0.5) is 0 Å². The molecule has 0 atom stereocenters. The van der Waals surface area contributed by atoms with E-state index in [4.69, 9.17) is 9.66 Å². The number of carbonyl (C=O) groups excluding carboxylic acids is 1. The van der Waals surface area contributed by atoms with Crippen LogP contribution in [0.2, 0.25) is 0 Å². The van der Waals surface area contributed by atoms with Gasteiger partial charge < -0.3 is 12.7 Å². The molecule has 0 heterocycles. The van der Waals surface area contributed by atoms with E-state index in [9.17, 15) is 18.0 Å². The minimum absolute atomic E-state index is 0. The van der Waals surface area contributed by atoms with Crippen molar-refractivity contribution in [1.29, 1.82) is 0 Å². The molecule has 7 nitrogen and oxygen atoms in total. The molecular weight excluding hydrogens is 318 g/mol. The van der Waals surface area contributed by atoms with Crippen molar-refractivity contribution in [2.45, 2.75) is 12.8 Å². The molecule has 0 spiro atoms. The number of carbonyl (C=O) groups is 2. The van der Waals surface area contributed by atoms with Gasteiger partial charge >= 0.3 is 115 Å². The normalized spacial score (nSPS) is 9.61. The van der Waals surface area contributed by atoms with Gasteiger partial charge in [-0.15, -0.1) is 0 Å². The van der Waals surface area contributed by atoms with Gasteiger partial charge in [-0.3, -0.25) is 9.35 Å². The number of carboxylic acids is 1. The molecule has 0 saturated carbocycles. The van der Waals surface area contributed by atoms with Gasteiger partial charge in [0, 0.05) is 5.57 Å². The van der Waals surface area contributed by atoms with Gasteiger partial charge in [0.1, 0.15) is 0 Å². The van der Waals surface area contributed by atoms with Crippen molar-refractivity contribution >= 4 is 22.1 Å². The molecule has 0 aliphatic heterocycles. The van der Waals surface area contributed by atoms with Gasteiger partial charge in [0.15, 0.2) is 0 Å². The molecule has 2 N–H and O–H groups in total. The Morgan fingerprint density at radius 3 is 2.17 bits per heavy atom. The van der Waals surface area contributed by atoms with Gasteiger partial charge in [0.25, 0.3) is 10.1 Å². The molecule has 96 valence electrons. The Hall–Kier alpha value is 1.86. The first-order valence-corrected chi connectivity index (χ1v) is 5.85. The number of hydrogen-bond acceptors (Lipinski definition) is 5. The Morgan fingerprint density at radius 1 is 1.28 bits per heavy atom. The number of rotatable bonds is 7. The molecule has 0 aromatic heterocycles. The third-order valence-corrected chi connectivity index (χ3v) is 2.27. The maximum Gasteiger partial charge on any atom is 1.00 e. The predicted octanol–water partition coefficient (Wildman–Crippen LogP) is -5.93. The average molecular weight is 332 g/mol. The van der Waals surface area contributed by atoms with Crippen molar-refractivity contribution in [3.8, 4) is 0 Å². The Kier molecular flexibility index (Phi) is 17.4. The first-order chi connectivity index (χ1) is 7.22. The molecule has 0 aliphatic rings. The molecule has 0 aromatic rings. The van der Waals surface area contributed by atoms with Crippen molar-refractivity contribution in [2.24, 2.45) is 0 Å². The van der Waals surface area contributed by atoms with E-state index in [0.29, 0.717) is 0 Å². The van der Waals surface area contributed by atoms with E-state index in [-0.39, 0.29) is 124 Å². The molecule has 0 saturated heterocycles. The zero-order valence-electron chi connectivity index (χ0n) is 12.4. The van der Waals surface area contributed by atoms with Crippen LogP contribution < -0.4 is 103 Å². The summed E-state index contributed by atoms with van der Waals surface area (Å²) in [5.41, 5.74) is -0.306. The molecular formula is C8H14K2O7S. The van der Waals surface area contributed by atoms with Crippen LogP contribution in [0.15, 0.2) is 12.2 Å². The standard InChI is InChI=1S/C8H12O7S.2K.2H/c1-6(8(10)11)5-7(9)15-3-2-4-16(12,13)14;;;;/h1-5H2,(H,10,11)(H,12,13,14);;;;/q;2*+1;2*-1. The maximum absolute atomic E-state index is 10.9. The third-order valence-electron chi connectivity index (χ3n) is 1.47. The maximum atomic E-state index is 10.9. The van der Waals surface area contributed by atoms with Crippen LogP contribution in [0, 0.1) is 0 Å². The zero-order valence-corrected chi connectivity index (χ0v) is 17.4. The molecule has 0 amide bonds. The van der Waals surface area contributed by atoms with E-state index in [2.05, 4.69) is 11.3 Å². The molecule has 0 rings (SSSR count). The summed E-state index contributed by atoms with van der Waals surface area (Å²) in [6, 6.07) is 0. The smallest absolute Gasteiger partial charge is 1.00 e. The number of aliphatic carboxylic acids is 1. The summed E-state index contributed by atoms with van der Waals surface area (Å²) in [5, 5.41) is 8.39. The van der Waals surface area contributed by atoms with Crippen LogP contribution in [0.3, 0.4) is 0 Å². The minimum Gasteiger partial charge on any atom is -1.00 e. The quantitative estimate of drug-likeness (QED) is 0.157. The Morgan fingerprint density at radius 2 is 1.78 bits per heavy atom. The first kappa shape index (κ1) is 24.9. The van der Waals surface area contributed by atoms with E-state index in [0.717, 1.165) is 0 Å². The summed E-state index contributed by atoms with van der Waals surface area (Å²) >= 11 is 0. The van der Waals surface area contributed by atoms with Gasteiger partial charge in [-0.25, -0.2) is 4.79 Å². The van der Waals surface area contributed by atoms with Crippen LogP contribution in [0.25, 0.3) is 0 Å². The summed E-state index contributed by atoms with van der Waals surface area (Å²) in [6.07, 6.45) is -0.509. The van der Waals surface area contributed by atoms with Crippen molar-refractivity contribution in [3.63, 3.8) is 0 Å². The summed E-state index contributed by atoms with van der Waals surface area (Å²) in [5.74, 6) is -2.61. The summed E-state index contributed by atoms with van der Waals surface area (Å²) in [4.78, 5) is 21.2. The minimum atomic E-state index is -4.06. The van der Waals surface area contributed by atoms with Crippen LogP contribution in [-0.2, 0) is 24.4 Å². The van der Waals surface area contributed by atoms with Gasteiger partial charge in [-0.1, -0.05) is 6.58 Å². The predicted molar refractivity (Wildman–Crippen MR) is 55.6 cm³/mol. The van der Waals surface area contributed by atoms with Crippen LogP contribution in [-0.4, -0.2) is 42.4 Å². The number of ether oxygens (including phenoxy) is 1. The van der Waals surface area contributed by atoms with Crippen molar-refractivity contribution in [3.05, 3.63) is 12.2 Å². The fourth-order valence-corrected chi connectivity index (χ4v) is 1.21. The molecule has 0 aliphatic carbocycles. The summed E-state index contributed by atoms with van der Waals surface area (Å²) < 4.78 is 33.4. The number of carboxylic acid groups (broad SMARTS) is 1. The Balaban J connectivity index is -0.000000187. The molecule has 0 aromatic carbocycles. The molecule has 0 unspecified atom stereocenters. The second-order valence-electron chi connectivity index (χ2n) is 2.95. The molecule has 0 radical (unpaired) electrons. The van der Waals surface area contributed by atoms with Gasteiger partial charge in [0.05, 0.1) is 18.8 Å². The molecule has 0 bridgehead atoms. The van der Waals surface area contributed by atoms with Gasteiger partial charge in [0.2, 0.25) is 0 Å². The van der Waals surface area contributed by atoms with Crippen LogP contribution in [0.1, 0.15) is 15.7 Å². The number of hydrogen-bond donors (Lipinski definition) is 2. The Labute approximate surface area is 193 Å². The van der Waals surface area contributed by atoms with Crippen LogP contribution >= 0.6 is 0 Å². The van der Waals surface area contributed by atoms with Crippen molar-refractivity contribution in [2.75, 3.05) is 12.4 Å². The van der Waals surface area contributed by atoms with E-state index in [1.807, 2.05) is 0 Å². The summed E-state index contributed by atoms with van der Waals surface area (Å²) in [6.45, 7) is 2.92. The average Bonchev–Trinajstić information content (AvgIpc) is 2.10. The number of esters is 1. The van der Waals surface area contributed by atoms with Crippen LogP contribution in [0.5, 0.6) is 0 Å². The van der Waals surface area contributed by atoms with E-state index >= 15 is 0 Å². The fourth-order valence-electron chi connectivity index (χ4n) is 0.728. The zero-order chi connectivity index (χ0) is 12.8. The SMILES string of the molecule is C=C(CC(=O)OCCCS(=O)(=O)O)C(=O)O.[H-].[H-].[K+].[K+]. The van der Waals surface area contributed by atoms with Gasteiger partial charge in [-0.05, 0) is 6.42 Å². The molecule has 10 heteroatoms. The third kappa shape index (κ3) is 15.9. The Bertz CT molecular complexity index is 400. The summed E-state index contributed by atoms with van der Waals surface area (Å²) in [7, 11) is -4.06. The fraction of sp³-hybridized carbons (Fsp3) is 0.500. The largest absolute Gasteiger partial charge is 1.00 e. The topological polar surface area (TPSA) is 118 Å².